The molecule has 0 spiro atoms. The molecule has 0 amide bonds. The lowest BCUT2D eigenvalue weighted by Crippen LogP contribution is -2.36. The maximum Gasteiger partial charge on any atom is 0.159 e. The molecule has 2 atom stereocenters. The second-order valence-electron chi connectivity index (χ2n) is 5.61. The molecule has 2 aliphatic rings. The van der Waals surface area contributed by atoms with Gasteiger partial charge in [0.25, 0.3) is 0 Å². The maximum atomic E-state index is 12.1. The van der Waals surface area contributed by atoms with Crippen LogP contribution in [0, 0.1) is 11.3 Å². The van der Waals surface area contributed by atoms with Crippen LogP contribution in [0.2, 0.25) is 0 Å². The topological polar surface area (TPSA) is 17.1 Å². The highest BCUT2D eigenvalue weighted by molar-refractivity contribution is 5.97. The first-order chi connectivity index (χ1) is 7.44. The Labute approximate surface area is 97.9 Å². The smallest absolute Gasteiger partial charge is 0.159 e. The Balaban J connectivity index is 2.40. The van der Waals surface area contributed by atoms with Crippen LogP contribution in [0.1, 0.15) is 40.5 Å². The van der Waals surface area contributed by atoms with Crippen LogP contribution in [-0.2, 0) is 4.79 Å². The molecule has 0 N–H and O–H groups in total. The molecule has 2 rings (SSSR count). The van der Waals surface area contributed by atoms with Gasteiger partial charge in [0.15, 0.2) is 5.78 Å². The normalized spacial score (nSPS) is 33.5. The van der Waals surface area contributed by atoms with E-state index >= 15 is 0 Å². The summed E-state index contributed by atoms with van der Waals surface area (Å²) in [5.41, 5.74) is 3.71. The number of fused-ring (bicyclic) bond motifs is 1. The number of rotatable bonds is 0. The molecule has 0 unspecified atom stereocenters. The van der Waals surface area contributed by atoms with Crippen molar-refractivity contribution in [1.82, 2.24) is 0 Å². The standard InChI is InChI=1S/C15H20O/c1-10(2)12-8-13-11(3)6-5-7-15(13,4)9-14(12)16/h5-7,13H,8-9H2,1-4H3/t13-,15-/m1/s1. The summed E-state index contributed by atoms with van der Waals surface area (Å²) in [6.07, 6.45) is 8.09. The first-order valence-corrected chi connectivity index (χ1v) is 5.99. The second kappa shape index (κ2) is 3.73. The molecule has 1 nitrogen and oxygen atoms in total. The number of hydrogen-bond donors (Lipinski definition) is 0. The molecule has 0 aliphatic heterocycles. The predicted octanol–water partition coefficient (Wildman–Crippen LogP) is 3.82. The third-order valence-corrected chi connectivity index (χ3v) is 4.07. The number of allylic oxidation sites excluding steroid dienone is 6. The summed E-state index contributed by atoms with van der Waals surface area (Å²) < 4.78 is 0. The number of hydrogen-bond acceptors (Lipinski definition) is 1. The van der Waals surface area contributed by atoms with E-state index in [1.165, 1.54) is 11.1 Å². The average molecular weight is 216 g/mol. The Morgan fingerprint density at radius 1 is 1.44 bits per heavy atom. The lowest BCUT2D eigenvalue weighted by atomic mass is 9.61. The third-order valence-electron chi connectivity index (χ3n) is 4.07. The van der Waals surface area contributed by atoms with Gasteiger partial charge in [-0.1, -0.05) is 36.3 Å². The quantitative estimate of drug-likeness (QED) is 0.562. The summed E-state index contributed by atoms with van der Waals surface area (Å²) >= 11 is 0. The Morgan fingerprint density at radius 3 is 2.75 bits per heavy atom. The Hall–Kier alpha value is -1.11. The molecule has 16 heavy (non-hydrogen) atoms. The molecular weight excluding hydrogens is 196 g/mol. The van der Waals surface area contributed by atoms with Crippen LogP contribution in [-0.4, -0.2) is 5.78 Å². The molecule has 86 valence electrons. The van der Waals surface area contributed by atoms with Crippen molar-refractivity contribution in [2.24, 2.45) is 11.3 Å². The van der Waals surface area contributed by atoms with Crippen molar-refractivity contribution in [3.63, 3.8) is 0 Å². The minimum Gasteiger partial charge on any atom is -0.295 e. The monoisotopic (exact) mass is 216 g/mol. The Kier molecular flexibility index (Phi) is 2.65. The molecular formula is C15H20O. The van der Waals surface area contributed by atoms with Gasteiger partial charge in [-0.3, -0.25) is 4.79 Å². The molecule has 1 heteroatoms. The van der Waals surface area contributed by atoms with E-state index < -0.39 is 0 Å². The van der Waals surface area contributed by atoms with E-state index in [0.717, 1.165) is 12.0 Å². The fraction of sp³-hybridized carbons (Fsp3) is 0.533. The fourth-order valence-electron chi connectivity index (χ4n) is 3.00. The van der Waals surface area contributed by atoms with Crippen molar-refractivity contribution in [3.8, 4) is 0 Å². The number of carbonyl (C=O) groups excluding carboxylic acids is 1. The van der Waals surface area contributed by atoms with Gasteiger partial charge in [-0.25, -0.2) is 0 Å². The highest BCUT2D eigenvalue weighted by Crippen LogP contribution is 2.48. The van der Waals surface area contributed by atoms with Crippen LogP contribution in [0.15, 0.2) is 34.9 Å². The van der Waals surface area contributed by atoms with Crippen LogP contribution < -0.4 is 0 Å². The van der Waals surface area contributed by atoms with Crippen molar-refractivity contribution in [2.45, 2.75) is 40.5 Å². The minimum atomic E-state index is 0.0505. The predicted molar refractivity (Wildman–Crippen MR) is 67.1 cm³/mol. The van der Waals surface area contributed by atoms with Gasteiger partial charge in [0.05, 0.1) is 0 Å². The summed E-state index contributed by atoms with van der Waals surface area (Å²) in [7, 11) is 0. The van der Waals surface area contributed by atoms with Crippen LogP contribution in [0.3, 0.4) is 0 Å². The summed E-state index contributed by atoms with van der Waals surface area (Å²) in [4.78, 5) is 12.1. The SMILES string of the molecule is CC1=CC=C[C@]2(C)CC(=O)C(=C(C)C)C[C@H]12. The van der Waals surface area contributed by atoms with Gasteiger partial charge in [-0.2, -0.15) is 0 Å². The highest BCUT2D eigenvalue weighted by Gasteiger charge is 2.42. The van der Waals surface area contributed by atoms with Gasteiger partial charge in [0.1, 0.15) is 0 Å². The fourth-order valence-corrected chi connectivity index (χ4v) is 3.00. The van der Waals surface area contributed by atoms with E-state index in [1.54, 1.807) is 0 Å². The average Bonchev–Trinajstić information content (AvgIpc) is 2.15. The largest absolute Gasteiger partial charge is 0.295 e. The summed E-state index contributed by atoms with van der Waals surface area (Å²) in [5, 5.41) is 0. The van der Waals surface area contributed by atoms with Gasteiger partial charge in [-0.05, 0) is 44.1 Å². The van der Waals surface area contributed by atoms with Crippen molar-refractivity contribution in [1.29, 1.82) is 0 Å². The second-order valence-corrected chi connectivity index (χ2v) is 5.61. The molecule has 0 aromatic rings. The van der Waals surface area contributed by atoms with Crippen molar-refractivity contribution in [3.05, 3.63) is 34.9 Å². The van der Waals surface area contributed by atoms with Gasteiger partial charge >= 0.3 is 0 Å². The maximum absolute atomic E-state index is 12.1. The molecule has 0 aromatic heterocycles. The molecule has 0 saturated heterocycles. The van der Waals surface area contributed by atoms with E-state index in [9.17, 15) is 4.79 Å². The summed E-state index contributed by atoms with van der Waals surface area (Å²) in [6.45, 7) is 8.50. The van der Waals surface area contributed by atoms with Crippen molar-refractivity contribution >= 4 is 5.78 Å². The molecule has 0 heterocycles. The number of ketones is 1. The number of carbonyl (C=O) groups is 1. The highest BCUT2D eigenvalue weighted by atomic mass is 16.1. The molecule has 1 saturated carbocycles. The molecule has 0 aromatic carbocycles. The molecule has 0 radical (unpaired) electrons. The van der Waals surface area contributed by atoms with Gasteiger partial charge in [0.2, 0.25) is 0 Å². The minimum absolute atomic E-state index is 0.0505. The van der Waals surface area contributed by atoms with Crippen LogP contribution in [0.4, 0.5) is 0 Å². The van der Waals surface area contributed by atoms with Crippen LogP contribution in [0.5, 0.6) is 0 Å². The number of Topliss-reactive ketones (excluding diaryl/α,β-unsaturated/α-hetero) is 1. The first-order valence-electron chi connectivity index (χ1n) is 5.99. The van der Waals surface area contributed by atoms with E-state index in [4.69, 9.17) is 0 Å². The Morgan fingerprint density at radius 2 is 2.12 bits per heavy atom. The zero-order valence-corrected chi connectivity index (χ0v) is 10.6. The summed E-state index contributed by atoms with van der Waals surface area (Å²) in [6, 6.07) is 0. The van der Waals surface area contributed by atoms with E-state index in [1.807, 2.05) is 13.8 Å². The van der Waals surface area contributed by atoms with Crippen LogP contribution >= 0.6 is 0 Å². The lowest BCUT2D eigenvalue weighted by Gasteiger charge is -2.42. The van der Waals surface area contributed by atoms with Crippen molar-refractivity contribution in [2.75, 3.05) is 0 Å². The summed E-state index contributed by atoms with van der Waals surface area (Å²) in [5.74, 6) is 0.859. The zero-order valence-electron chi connectivity index (χ0n) is 10.6. The van der Waals surface area contributed by atoms with Gasteiger partial charge < -0.3 is 0 Å². The van der Waals surface area contributed by atoms with Gasteiger partial charge in [-0.15, -0.1) is 0 Å². The van der Waals surface area contributed by atoms with E-state index in [2.05, 4.69) is 32.1 Å². The third kappa shape index (κ3) is 1.68. The lowest BCUT2D eigenvalue weighted by molar-refractivity contribution is -0.119. The zero-order chi connectivity index (χ0) is 11.9. The van der Waals surface area contributed by atoms with Crippen LogP contribution in [0.25, 0.3) is 0 Å². The van der Waals surface area contributed by atoms with E-state index in [-0.39, 0.29) is 5.41 Å². The molecule has 2 aliphatic carbocycles. The molecule has 0 bridgehead atoms. The Bertz CT molecular complexity index is 419. The van der Waals surface area contributed by atoms with Crippen molar-refractivity contribution < 1.29 is 4.79 Å². The molecule has 1 fully saturated rings. The first kappa shape index (κ1) is 11.4. The van der Waals surface area contributed by atoms with E-state index in [0.29, 0.717) is 18.1 Å². The van der Waals surface area contributed by atoms with Gasteiger partial charge in [0, 0.05) is 6.42 Å².